The second kappa shape index (κ2) is 6.52. The van der Waals surface area contributed by atoms with Gasteiger partial charge in [-0.05, 0) is 18.8 Å². The molecule has 0 saturated carbocycles. The summed E-state index contributed by atoms with van der Waals surface area (Å²) < 4.78 is 0. The maximum atomic E-state index is 4.55. The van der Waals surface area contributed by atoms with Crippen molar-refractivity contribution in [2.75, 3.05) is 29.9 Å². The highest BCUT2D eigenvalue weighted by Gasteiger charge is 2.12. The summed E-state index contributed by atoms with van der Waals surface area (Å²) >= 11 is 0. The second-order valence-electron chi connectivity index (χ2n) is 5.31. The highest BCUT2D eigenvalue weighted by Crippen LogP contribution is 2.17. The first kappa shape index (κ1) is 13.1. The molecule has 5 nitrogen and oxygen atoms in total. The predicted molar refractivity (Wildman–Crippen MR) is 73.8 cm³/mol. The van der Waals surface area contributed by atoms with Crippen LogP contribution in [0.3, 0.4) is 0 Å². The zero-order valence-electron chi connectivity index (χ0n) is 11.4. The fourth-order valence-electron chi connectivity index (χ4n) is 2.12. The van der Waals surface area contributed by atoms with Crippen LogP contribution in [0.4, 0.5) is 11.8 Å². The van der Waals surface area contributed by atoms with E-state index in [0.717, 1.165) is 25.5 Å². The van der Waals surface area contributed by atoms with Crippen LogP contribution in [0.2, 0.25) is 0 Å². The first-order chi connectivity index (χ1) is 8.75. The lowest BCUT2D eigenvalue weighted by Crippen LogP contribution is -2.25. The normalized spacial score (nSPS) is 16.7. The summed E-state index contributed by atoms with van der Waals surface area (Å²) in [4.78, 5) is 6.87. The van der Waals surface area contributed by atoms with Gasteiger partial charge in [-0.2, -0.15) is 10.1 Å². The molecule has 0 bridgehead atoms. The highest BCUT2D eigenvalue weighted by atomic mass is 15.3. The number of rotatable bonds is 4. The Morgan fingerprint density at radius 3 is 2.61 bits per heavy atom. The van der Waals surface area contributed by atoms with Gasteiger partial charge >= 0.3 is 0 Å². The quantitative estimate of drug-likeness (QED) is 0.887. The summed E-state index contributed by atoms with van der Waals surface area (Å²) in [5.41, 5.74) is 0. The van der Waals surface area contributed by atoms with E-state index in [2.05, 4.69) is 39.2 Å². The minimum atomic E-state index is 0.579. The Hall–Kier alpha value is -1.39. The fraction of sp³-hybridized carbons (Fsp3) is 0.769. The Kier molecular flexibility index (Phi) is 4.73. The topological polar surface area (TPSA) is 53.9 Å². The van der Waals surface area contributed by atoms with E-state index < -0.39 is 0 Å². The van der Waals surface area contributed by atoms with E-state index in [1.807, 2.05) is 0 Å². The van der Waals surface area contributed by atoms with E-state index in [1.165, 1.54) is 25.7 Å². The lowest BCUT2D eigenvalue weighted by Gasteiger charge is -2.21. The molecule has 1 fully saturated rings. The molecule has 0 atom stereocenters. The SMILES string of the molecule is CC(C)CNc1nncc(N2CCCCCC2)n1. The van der Waals surface area contributed by atoms with Gasteiger partial charge in [0.25, 0.3) is 0 Å². The van der Waals surface area contributed by atoms with Gasteiger partial charge < -0.3 is 10.2 Å². The molecule has 0 amide bonds. The molecule has 1 N–H and O–H groups in total. The molecule has 2 rings (SSSR count). The van der Waals surface area contributed by atoms with Crippen LogP contribution in [0.15, 0.2) is 6.20 Å². The third-order valence-corrected chi connectivity index (χ3v) is 3.14. The lowest BCUT2D eigenvalue weighted by atomic mass is 10.2. The van der Waals surface area contributed by atoms with Crippen LogP contribution in [0, 0.1) is 5.92 Å². The molecule has 0 aromatic carbocycles. The summed E-state index contributed by atoms with van der Waals surface area (Å²) in [6.45, 7) is 7.38. The molecule has 0 radical (unpaired) electrons. The van der Waals surface area contributed by atoms with E-state index in [9.17, 15) is 0 Å². The maximum absolute atomic E-state index is 4.55. The Bertz CT molecular complexity index is 358. The van der Waals surface area contributed by atoms with Gasteiger partial charge in [0.15, 0.2) is 5.82 Å². The average Bonchev–Trinajstić information content (AvgIpc) is 2.65. The van der Waals surface area contributed by atoms with Crippen molar-refractivity contribution in [3.8, 4) is 0 Å². The minimum absolute atomic E-state index is 0.579. The largest absolute Gasteiger partial charge is 0.355 e. The molecule has 2 heterocycles. The predicted octanol–water partition coefficient (Wildman–Crippen LogP) is 2.32. The highest BCUT2D eigenvalue weighted by molar-refractivity contribution is 5.40. The molecule has 1 aliphatic heterocycles. The van der Waals surface area contributed by atoms with Gasteiger partial charge in [-0.1, -0.05) is 26.7 Å². The monoisotopic (exact) mass is 249 g/mol. The first-order valence-corrected chi connectivity index (χ1v) is 6.94. The molecule has 18 heavy (non-hydrogen) atoms. The Balaban J connectivity index is 2.01. The van der Waals surface area contributed by atoms with Gasteiger partial charge in [-0.25, -0.2) is 0 Å². The number of anilines is 2. The third kappa shape index (κ3) is 3.82. The van der Waals surface area contributed by atoms with Gasteiger partial charge in [0, 0.05) is 19.6 Å². The van der Waals surface area contributed by atoms with Crippen LogP contribution in [-0.2, 0) is 0 Å². The van der Waals surface area contributed by atoms with Crippen LogP contribution in [0.25, 0.3) is 0 Å². The Labute approximate surface area is 109 Å². The second-order valence-corrected chi connectivity index (χ2v) is 5.31. The molecule has 0 unspecified atom stereocenters. The van der Waals surface area contributed by atoms with Crippen LogP contribution in [0.5, 0.6) is 0 Å². The molecule has 5 heteroatoms. The van der Waals surface area contributed by atoms with E-state index in [1.54, 1.807) is 6.20 Å². The summed E-state index contributed by atoms with van der Waals surface area (Å²) in [7, 11) is 0. The third-order valence-electron chi connectivity index (χ3n) is 3.14. The van der Waals surface area contributed by atoms with Gasteiger partial charge in [0.1, 0.15) is 0 Å². The molecule has 1 aliphatic rings. The van der Waals surface area contributed by atoms with E-state index in [4.69, 9.17) is 0 Å². The van der Waals surface area contributed by atoms with Crippen molar-refractivity contribution < 1.29 is 0 Å². The van der Waals surface area contributed by atoms with Crippen molar-refractivity contribution in [3.63, 3.8) is 0 Å². The maximum Gasteiger partial charge on any atom is 0.244 e. The first-order valence-electron chi connectivity index (χ1n) is 6.94. The zero-order valence-corrected chi connectivity index (χ0v) is 11.4. The Morgan fingerprint density at radius 1 is 1.22 bits per heavy atom. The van der Waals surface area contributed by atoms with E-state index in [0.29, 0.717) is 11.9 Å². The van der Waals surface area contributed by atoms with Crippen molar-refractivity contribution in [2.45, 2.75) is 39.5 Å². The number of aromatic nitrogens is 3. The molecule has 1 saturated heterocycles. The van der Waals surface area contributed by atoms with Crippen molar-refractivity contribution in [1.29, 1.82) is 0 Å². The number of nitrogens with zero attached hydrogens (tertiary/aromatic N) is 4. The number of hydrogen-bond donors (Lipinski definition) is 1. The number of hydrogen-bond acceptors (Lipinski definition) is 5. The van der Waals surface area contributed by atoms with Gasteiger partial charge in [0.05, 0.1) is 6.20 Å². The molecule has 0 spiro atoms. The standard InChI is InChI=1S/C13H23N5/c1-11(2)9-14-13-16-12(10-15-17-13)18-7-5-3-4-6-8-18/h10-11H,3-9H2,1-2H3,(H,14,16,17). The van der Waals surface area contributed by atoms with Crippen molar-refractivity contribution in [3.05, 3.63) is 6.20 Å². The molecule has 1 aromatic rings. The van der Waals surface area contributed by atoms with Crippen molar-refractivity contribution in [1.82, 2.24) is 15.2 Å². The van der Waals surface area contributed by atoms with Gasteiger partial charge in [-0.15, -0.1) is 5.10 Å². The van der Waals surface area contributed by atoms with Crippen LogP contribution >= 0.6 is 0 Å². The summed E-state index contributed by atoms with van der Waals surface area (Å²) in [5, 5.41) is 11.3. The zero-order chi connectivity index (χ0) is 12.8. The van der Waals surface area contributed by atoms with Crippen LogP contribution < -0.4 is 10.2 Å². The lowest BCUT2D eigenvalue weighted by molar-refractivity contribution is 0.681. The van der Waals surface area contributed by atoms with Gasteiger partial charge in [0.2, 0.25) is 5.95 Å². The molecular formula is C13H23N5. The Morgan fingerprint density at radius 2 is 1.94 bits per heavy atom. The van der Waals surface area contributed by atoms with Crippen molar-refractivity contribution >= 4 is 11.8 Å². The number of nitrogens with one attached hydrogen (secondary N) is 1. The summed E-state index contributed by atoms with van der Waals surface area (Å²) in [6, 6.07) is 0. The van der Waals surface area contributed by atoms with Crippen LogP contribution in [0.1, 0.15) is 39.5 Å². The van der Waals surface area contributed by atoms with E-state index >= 15 is 0 Å². The molecule has 100 valence electrons. The summed E-state index contributed by atoms with van der Waals surface area (Å²) in [5.74, 6) is 2.18. The molecule has 1 aromatic heterocycles. The smallest absolute Gasteiger partial charge is 0.244 e. The molecular weight excluding hydrogens is 226 g/mol. The van der Waals surface area contributed by atoms with Crippen LogP contribution in [-0.4, -0.2) is 34.8 Å². The molecule has 0 aliphatic carbocycles. The average molecular weight is 249 g/mol. The minimum Gasteiger partial charge on any atom is -0.355 e. The van der Waals surface area contributed by atoms with Gasteiger partial charge in [-0.3, -0.25) is 0 Å². The fourth-order valence-corrected chi connectivity index (χ4v) is 2.12. The van der Waals surface area contributed by atoms with Crippen molar-refractivity contribution in [2.24, 2.45) is 5.92 Å². The summed E-state index contributed by atoms with van der Waals surface area (Å²) in [6.07, 6.45) is 6.92. The van der Waals surface area contributed by atoms with E-state index in [-0.39, 0.29) is 0 Å².